The molecule has 0 saturated heterocycles. The summed E-state index contributed by atoms with van der Waals surface area (Å²) in [6.07, 6.45) is 0. The Morgan fingerprint density at radius 2 is 1.21 bits per heavy atom. The van der Waals surface area contributed by atoms with Gasteiger partial charge >= 0.3 is 0 Å². The third kappa shape index (κ3) is 5.10. The minimum absolute atomic E-state index is 0.934. The predicted octanol–water partition coefficient (Wildman–Crippen LogP) is 4.54. The van der Waals surface area contributed by atoms with Gasteiger partial charge in [0.15, 0.2) is 0 Å². The maximum atomic E-state index is 4.63. The van der Waals surface area contributed by atoms with Gasteiger partial charge < -0.3 is 14.9 Å². The van der Waals surface area contributed by atoms with E-state index in [1.54, 1.807) is 0 Å². The Morgan fingerprint density at radius 3 is 1.68 bits per heavy atom. The molecule has 0 aliphatic carbocycles. The van der Waals surface area contributed by atoms with Crippen molar-refractivity contribution in [1.29, 1.82) is 0 Å². The molecular weight excluding hydrogens is 386 g/mol. The fourth-order valence-electron chi connectivity index (χ4n) is 3.04. The molecule has 0 spiro atoms. The van der Waals surface area contributed by atoms with Crippen LogP contribution in [0.15, 0.2) is 48.5 Å². The lowest BCUT2D eigenvalue weighted by Crippen LogP contribution is -2.24. The molecule has 0 fully saturated rings. The van der Waals surface area contributed by atoms with Crippen molar-refractivity contribution in [3.63, 3.8) is 0 Å². The van der Waals surface area contributed by atoms with Gasteiger partial charge in [-0.3, -0.25) is 0 Å². The summed E-state index contributed by atoms with van der Waals surface area (Å²) in [5, 5.41) is 0. The lowest BCUT2D eigenvalue weighted by Gasteiger charge is -2.15. The average Bonchev–Trinajstić information content (AvgIpc) is 3.31. The maximum absolute atomic E-state index is 4.63. The van der Waals surface area contributed by atoms with E-state index >= 15 is 0 Å². The van der Waals surface area contributed by atoms with Crippen molar-refractivity contribution in [1.82, 2.24) is 24.8 Å². The highest BCUT2D eigenvalue weighted by Gasteiger charge is 2.05. The summed E-state index contributed by atoms with van der Waals surface area (Å²) in [6, 6.07) is 16.4. The molecule has 5 nitrogen and oxygen atoms in total. The Bertz CT molecular complexity index is 878. The van der Waals surface area contributed by atoms with E-state index in [0.717, 1.165) is 69.8 Å². The van der Waals surface area contributed by atoms with Crippen LogP contribution in [-0.2, 0) is 11.5 Å². The minimum Gasteiger partial charge on any atom is -0.341 e. The Morgan fingerprint density at radius 1 is 0.750 bits per heavy atom. The van der Waals surface area contributed by atoms with Crippen molar-refractivity contribution in [3.8, 4) is 0 Å². The SMILES string of the molecule is CN(CCSCc1nc2ccccc2[nH]1)CCSCc1nc2ccccc2[nH]1. The number of thioether (sulfide) groups is 2. The Kier molecular flexibility index (Phi) is 6.57. The number of aromatic amines is 2. The second-order valence-corrected chi connectivity index (χ2v) is 9.02. The number of rotatable bonds is 10. The number of hydrogen-bond acceptors (Lipinski definition) is 5. The summed E-state index contributed by atoms with van der Waals surface area (Å²) in [6.45, 7) is 2.19. The molecule has 2 heterocycles. The van der Waals surface area contributed by atoms with Crippen LogP contribution >= 0.6 is 23.5 Å². The Balaban J connectivity index is 1.10. The van der Waals surface area contributed by atoms with Gasteiger partial charge in [-0.05, 0) is 31.3 Å². The third-order valence-corrected chi connectivity index (χ3v) is 6.49. The molecule has 0 saturated carbocycles. The fourth-order valence-corrected chi connectivity index (χ4v) is 4.87. The number of nitrogens with zero attached hydrogens (tertiary/aromatic N) is 3. The number of fused-ring (bicyclic) bond motifs is 2. The maximum Gasteiger partial charge on any atom is 0.117 e. The number of hydrogen-bond donors (Lipinski definition) is 2. The van der Waals surface area contributed by atoms with Crippen LogP contribution in [0.2, 0.25) is 0 Å². The number of H-pyrrole nitrogens is 2. The van der Waals surface area contributed by atoms with Crippen molar-refractivity contribution in [2.75, 3.05) is 31.6 Å². The smallest absolute Gasteiger partial charge is 0.117 e. The Labute approximate surface area is 173 Å². The second kappa shape index (κ2) is 9.49. The fraction of sp³-hybridized carbons (Fsp3) is 0.333. The van der Waals surface area contributed by atoms with Gasteiger partial charge in [-0.2, -0.15) is 23.5 Å². The van der Waals surface area contributed by atoms with Crippen LogP contribution in [0.4, 0.5) is 0 Å². The first-order valence-corrected chi connectivity index (χ1v) is 11.8. The largest absolute Gasteiger partial charge is 0.341 e. The van der Waals surface area contributed by atoms with E-state index in [-0.39, 0.29) is 0 Å². The normalized spacial score (nSPS) is 11.8. The van der Waals surface area contributed by atoms with Crippen molar-refractivity contribution in [2.24, 2.45) is 0 Å². The summed E-state index contributed by atoms with van der Waals surface area (Å²) in [5.74, 6) is 6.22. The topological polar surface area (TPSA) is 60.6 Å². The van der Waals surface area contributed by atoms with Crippen LogP contribution in [0.3, 0.4) is 0 Å². The molecular formula is C21H25N5S2. The number of aromatic nitrogens is 4. The molecule has 0 amide bonds. The first-order chi connectivity index (χ1) is 13.8. The minimum atomic E-state index is 0.934. The lowest BCUT2D eigenvalue weighted by atomic mass is 10.3. The van der Waals surface area contributed by atoms with E-state index in [9.17, 15) is 0 Å². The van der Waals surface area contributed by atoms with Gasteiger partial charge in [0.25, 0.3) is 0 Å². The van der Waals surface area contributed by atoms with Crippen LogP contribution in [0.1, 0.15) is 11.6 Å². The van der Waals surface area contributed by atoms with Gasteiger partial charge in [0, 0.05) is 24.6 Å². The third-order valence-electron chi connectivity index (χ3n) is 4.59. The number of benzene rings is 2. The van der Waals surface area contributed by atoms with Crippen molar-refractivity contribution >= 4 is 45.6 Å². The molecule has 2 N–H and O–H groups in total. The number of imidazole rings is 2. The first-order valence-electron chi connectivity index (χ1n) is 9.49. The van der Waals surface area contributed by atoms with Crippen LogP contribution in [0.5, 0.6) is 0 Å². The molecule has 2 aromatic carbocycles. The van der Waals surface area contributed by atoms with E-state index < -0.39 is 0 Å². The lowest BCUT2D eigenvalue weighted by molar-refractivity contribution is 0.380. The molecule has 28 heavy (non-hydrogen) atoms. The monoisotopic (exact) mass is 411 g/mol. The van der Waals surface area contributed by atoms with E-state index in [0.29, 0.717) is 0 Å². The number of para-hydroxylation sites is 4. The quantitative estimate of drug-likeness (QED) is 0.375. The van der Waals surface area contributed by atoms with Crippen molar-refractivity contribution < 1.29 is 0 Å². The summed E-state index contributed by atoms with van der Waals surface area (Å²) >= 11 is 3.86. The van der Waals surface area contributed by atoms with Crippen LogP contribution in [0, 0.1) is 0 Å². The van der Waals surface area contributed by atoms with E-state index in [1.807, 2.05) is 47.8 Å². The summed E-state index contributed by atoms with van der Waals surface area (Å²) in [5.41, 5.74) is 4.35. The van der Waals surface area contributed by atoms with Gasteiger partial charge in [0.1, 0.15) is 11.6 Å². The molecule has 7 heteroatoms. The average molecular weight is 412 g/mol. The molecule has 0 aliphatic heterocycles. The molecule has 0 radical (unpaired) electrons. The first kappa shape index (κ1) is 19.4. The molecule has 0 bridgehead atoms. The summed E-state index contributed by atoms with van der Waals surface area (Å²) in [4.78, 5) is 18.5. The standard InChI is InChI=1S/C21H25N5S2/c1-26(10-12-27-14-20-22-16-6-2-3-7-17(16)23-20)11-13-28-15-21-24-18-8-4-5-9-19(18)25-21/h2-9H,10-15H2,1H3,(H,22,23)(H,24,25). The van der Waals surface area contributed by atoms with Gasteiger partial charge in [0.2, 0.25) is 0 Å². The van der Waals surface area contributed by atoms with Gasteiger partial charge in [-0.1, -0.05) is 24.3 Å². The van der Waals surface area contributed by atoms with Crippen molar-refractivity contribution in [3.05, 3.63) is 60.2 Å². The van der Waals surface area contributed by atoms with Crippen LogP contribution < -0.4 is 0 Å². The van der Waals surface area contributed by atoms with Gasteiger partial charge in [0.05, 0.1) is 33.6 Å². The molecule has 146 valence electrons. The van der Waals surface area contributed by atoms with Crippen LogP contribution in [0.25, 0.3) is 22.1 Å². The summed E-state index contributed by atoms with van der Waals surface area (Å²) < 4.78 is 0. The van der Waals surface area contributed by atoms with Crippen molar-refractivity contribution in [2.45, 2.75) is 11.5 Å². The Hall–Kier alpha value is -1.96. The van der Waals surface area contributed by atoms with Gasteiger partial charge in [-0.25, -0.2) is 9.97 Å². The van der Waals surface area contributed by atoms with Gasteiger partial charge in [-0.15, -0.1) is 0 Å². The van der Waals surface area contributed by atoms with Crippen LogP contribution in [-0.4, -0.2) is 56.5 Å². The summed E-state index contributed by atoms with van der Waals surface area (Å²) in [7, 11) is 2.20. The van der Waals surface area contributed by atoms with E-state index in [4.69, 9.17) is 0 Å². The zero-order valence-corrected chi connectivity index (χ0v) is 17.7. The zero-order valence-electron chi connectivity index (χ0n) is 16.0. The highest BCUT2D eigenvalue weighted by molar-refractivity contribution is 7.98. The molecule has 2 aromatic heterocycles. The number of nitrogens with one attached hydrogen (secondary N) is 2. The molecule has 0 atom stereocenters. The highest BCUT2D eigenvalue weighted by atomic mass is 32.2. The second-order valence-electron chi connectivity index (χ2n) is 6.81. The zero-order chi connectivity index (χ0) is 19.2. The molecule has 4 rings (SSSR count). The molecule has 4 aromatic rings. The highest BCUT2D eigenvalue weighted by Crippen LogP contribution is 2.16. The predicted molar refractivity (Wildman–Crippen MR) is 122 cm³/mol. The van der Waals surface area contributed by atoms with E-state index in [1.165, 1.54) is 0 Å². The molecule has 0 aliphatic rings. The molecule has 0 unspecified atom stereocenters. The van der Waals surface area contributed by atoms with E-state index in [2.05, 4.69) is 56.1 Å².